The molecule has 1 heterocycles. The van der Waals surface area contributed by atoms with Crippen molar-refractivity contribution in [3.8, 4) is 0 Å². The molecule has 1 aliphatic rings. The highest BCUT2D eigenvalue weighted by molar-refractivity contribution is 9.10. The van der Waals surface area contributed by atoms with Crippen LogP contribution < -0.4 is 5.32 Å². The number of nitrogens with one attached hydrogen (secondary N) is 1. The summed E-state index contributed by atoms with van der Waals surface area (Å²) in [6, 6.07) is 8.92. The number of benzene rings is 1. The number of anilines is 1. The molecule has 0 radical (unpaired) electrons. The smallest absolute Gasteiger partial charge is 0.0485 e. The maximum Gasteiger partial charge on any atom is 0.0485 e. The molecule has 0 saturated carbocycles. The molecule has 100 valence electrons. The molecule has 2 rings (SSSR count). The predicted molar refractivity (Wildman–Crippen MR) is 79.1 cm³/mol. The van der Waals surface area contributed by atoms with Crippen molar-refractivity contribution in [2.24, 2.45) is 0 Å². The first-order chi connectivity index (χ1) is 8.77. The van der Waals surface area contributed by atoms with Crippen LogP contribution in [0.2, 0.25) is 0 Å². The van der Waals surface area contributed by atoms with Crippen molar-refractivity contribution >= 4 is 21.6 Å². The Morgan fingerprint density at radius 3 is 2.78 bits per heavy atom. The van der Waals surface area contributed by atoms with Crippen molar-refractivity contribution in [3.63, 3.8) is 0 Å². The van der Waals surface area contributed by atoms with Crippen LogP contribution in [-0.4, -0.2) is 44.3 Å². The SMILES string of the molecule is CN(CCNc1ccccc1Br)C1CCOCC1. The number of hydrogen-bond donors (Lipinski definition) is 1. The molecular weight excluding hydrogens is 292 g/mol. The number of halogens is 1. The molecule has 0 aromatic heterocycles. The van der Waals surface area contributed by atoms with Gasteiger partial charge in [0.05, 0.1) is 0 Å². The van der Waals surface area contributed by atoms with E-state index in [0.717, 1.165) is 49.3 Å². The van der Waals surface area contributed by atoms with Gasteiger partial charge in [-0.1, -0.05) is 12.1 Å². The van der Waals surface area contributed by atoms with Crippen LogP contribution in [0.5, 0.6) is 0 Å². The van der Waals surface area contributed by atoms with Crippen LogP contribution in [-0.2, 0) is 4.74 Å². The third kappa shape index (κ3) is 3.97. The average Bonchev–Trinajstić information content (AvgIpc) is 2.42. The van der Waals surface area contributed by atoms with Crippen LogP contribution in [0.4, 0.5) is 5.69 Å². The molecule has 1 saturated heterocycles. The quantitative estimate of drug-likeness (QED) is 0.904. The van der Waals surface area contributed by atoms with Crippen molar-refractivity contribution in [1.82, 2.24) is 4.90 Å². The molecule has 0 aliphatic carbocycles. The van der Waals surface area contributed by atoms with Gasteiger partial charge in [-0.05, 0) is 48.0 Å². The largest absolute Gasteiger partial charge is 0.383 e. The lowest BCUT2D eigenvalue weighted by molar-refractivity contribution is 0.0443. The van der Waals surface area contributed by atoms with E-state index in [4.69, 9.17) is 4.74 Å². The van der Waals surface area contributed by atoms with E-state index in [1.165, 1.54) is 0 Å². The molecule has 1 aromatic carbocycles. The van der Waals surface area contributed by atoms with Crippen molar-refractivity contribution in [3.05, 3.63) is 28.7 Å². The second kappa shape index (κ2) is 7.12. The zero-order valence-corrected chi connectivity index (χ0v) is 12.4. The third-order valence-corrected chi connectivity index (χ3v) is 4.16. The molecule has 0 atom stereocenters. The Kier molecular flexibility index (Phi) is 5.47. The van der Waals surface area contributed by atoms with E-state index in [1.807, 2.05) is 6.07 Å². The van der Waals surface area contributed by atoms with E-state index in [2.05, 4.69) is 51.4 Å². The van der Waals surface area contributed by atoms with Gasteiger partial charge in [0.25, 0.3) is 0 Å². The summed E-state index contributed by atoms with van der Waals surface area (Å²) in [5, 5.41) is 3.46. The second-order valence-electron chi connectivity index (χ2n) is 4.73. The highest BCUT2D eigenvalue weighted by Gasteiger charge is 2.17. The summed E-state index contributed by atoms with van der Waals surface area (Å²) in [6.07, 6.45) is 2.32. The van der Waals surface area contributed by atoms with Crippen LogP contribution in [0.25, 0.3) is 0 Å². The number of hydrogen-bond acceptors (Lipinski definition) is 3. The lowest BCUT2D eigenvalue weighted by Crippen LogP contribution is -2.39. The van der Waals surface area contributed by atoms with Gasteiger partial charge in [0.15, 0.2) is 0 Å². The Morgan fingerprint density at radius 1 is 1.33 bits per heavy atom. The highest BCUT2D eigenvalue weighted by atomic mass is 79.9. The fourth-order valence-electron chi connectivity index (χ4n) is 2.28. The molecule has 3 nitrogen and oxygen atoms in total. The van der Waals surface area contributed by atoms with Crippen molar-refractivity contribution < 1.29 is 4.74 Å². The van der Waals surface area contributed by atoms with Gasteiger partial charge in [0, 0.05) is 42.5 Å². The normalized spacial score (nSPS) is 17.1. The summed E-state index contributed by atoms with van der Waals surface area (Å²) in [4.78, 5) is 2.44. The van der Waals surface area contributed by atoms with Gasteiger partial charge in [0.1, 0.15) is 0 Å². The van der Waals surface area contributed by atoms with Gasteiger partial charge >= 0.3 is 0 Å². The molecule has 18 heavy (non-hydrogen) atoms. The lowest BCUT2D eigenvalue weighted by Gasteiger charge is -2.31. The molecule has 1 aliphatic heterocycles. The van der Waals surface area contributed by atoms with E-state index in [0.29, 0.717) is 6.04 Å². The predicted octanol–water partition coefficient (Wildman–Crippen LogP) is 2.97. The van der Waals surface area contributed by atoms with Gasteiger partial charge in [-0.2, -0.15) is 0 Å². The number of ether oxygens (including phenoxy) is 1. The minimum Gasteiger partial charge on any atom is -0.383 e. The van der Waals surface area contributed by atoms with E-state index in [1.54, 1.807) is 0 Å². The van der Waals surface area contributed by atoms with E-state index in [9.17, 15) is 0 Å². The Morgan fingerprint density at radius 2 is 2.06 bits per heavy atom. The average molecular weight is 313 g/mol. The molecular formula is C14H21BrN2O. The topological polar surface area (TPSA) is 24.5 Å². The summed E-state index contributed by atoms with van der Waals surface area (Å²) >= 11 is 3.55. The lowest BCUT2D eigenvalue weighted by atomic mass is 10.1. The second-order valence-corrected chi connectivity index (χ2v) is 5.59. The molecule has 4 heteroatoms. The first-order valence-electron chi connectivity index (χ1n) is 6.54. The highest BCUT2D eigenvalue weighted by Crippen LogP contribution is 2.21. The van der Waals surface area contributed by atoms with E-state index >= 15 is 0 Å². The van der Waals surface area contributed by atoms with E-state index < -0.39 is 0 Å². The standard InChI is InChI=1S/C14H21BrN2O/c1-17(12-6-10-18-11-7-12)9-8-16-14-5-3-2-4-13(14)15/h2-5,12,16H,6-11H2,1H3. The summed E-state index contributed by atoms with van der Waals surface area (Å²) < 4.78 is 6.51. The van der Waals surface area contributed by atoms with Crippen molar-refractivity contribution in [2.75, 3.05) is 38.7 Å². The zero-order chi connectivity index (χ0) is 12.8. The summed E-state index contributed by atoms with van der Waals surface area (Å²) in [7, 11) is 2.21. The summed E-state index contributed by atoms with van der Waals surface area (Å²) in [6.45, 7) is 3.85. The van der Waals surface area contributed by atoms with Crippen molar-refractivity contribution in [1.29, 1.82) is 0 Å². The van der Waals surface area contributed by atoms with Gasteiger partial charge in [0.2, 0.25) is 0 Å². The number of rotatable bonds is 5. The third-order valence-electron chi connectivity index (χ3n) is 3.47. The van der Waals surface area contributed by atoms with Crippen LogP contribution in [0.15, 0.2) is 28.7 Å². The molecule has 0 spiro atoms. The Labute approximate surface area is 118 Å². The molecule has 1 fully saturated rings. The Balaban J connectivity index is 1.73. The first-order valence-corrected chi connectivity index (χ1v) is 7.33. The van der Waals surface area contributed by atoms with Crippen LogP contribution in [0.3, 0.4) is 0 Å². The maximum atomic E-state index is 5.39. The van der Waals surface area contributed by atoms with Crippen LogP contribution in [0.1, 0.15) is 12.8 Å². The first kappa shape index (κ1) is 13.8. The van der Waals surface area contributed by atoms with Gasteiger partial charge in [-0.3, -0.25) is 0 Å². The number of para-hydroxylation sites is 1. The fourth-order valence-corrected chi connectivity index (χ4v) is 2.70. The summed E-state index contributed by atoms with van der Waals surface area (Å²) in [5.74, 6) is 0. The van der Waals surface area contributed by atoms with Gasteiger partial charge in [-0.15, -0.1) is 0 Å². The minimum absolute atomic E-state index is 0.680. The number of nitrogens with zero attached hydrogens (tertiary/aromatic N) is 1. The van der Waals surface area contributed by atoms with Crippen LogP contribution >= 0.6 is 15.9 Å². The molecule has 1 aromatic rings. The van der Waals surface area contributed by atoms with Gasteiger partial charge in [-0.25, -0.2) is 0 Å². The van der Waals surface area contributed by atoms with E-state index in [-0.39, 0.29) is 0 Å². The maximum absolute atomic E-state index is 5.39. The Bertz CT molecular complexity index is 367. The number of likely N-dealkylation sites (N-methyl/N-ethyl adjacent to an activating group) is 1. The molecule has 0 bridgehead atoms. The molecule has 0 amide bonds. The van der Waals surface area contributed by atoms with Crippen molar-refractivity contribution in [2.45, 2.75) is 18.9 Å². The summed E-state index contributed by atoms with van der Waals surface area (Å²) in [5.41, 5.74) is 1.16. The Hall–Kier alpha value is -0.580. The molecule has 0 unspecified atom stereocenters. The fraction of sp³-hybridized carbons (Fsp3) is 0.571. The van der Waals surface area contributed by atoms with Crippen LogP contribution in [0, 0.1) is 0 Å². The zero-order valence-electron chi connectivity index (χ0n) is 10.9. The minimum atomic E-state index is 0.680. The van der Waals surface area contributed by atoms with Gasteiger partial charge < -0.3 is 15.0 Å². The molecule has 1 N–H and O–H groups in total. The monoisotopic (exact) mass is 312 g/mol.